The number of aromatic nitrogens is 2. The second-order valence-electron chi connectivity index (χ2n) is 2.51. The molecule has 0 fully saturated rings. The van der Waals surface area contributed by atoms with E-state index in [-0.39, 0.29) is 5.75 Å². The summed E-state index contributed by atoms with van der Waals surface area (Å²) < 4.78 is 1.78. The lowest BCUT2D eigenvalue weighted by molar-refractivity contribution is 0.473. The summed E-state index contributed by atoms with van der Waals surface area (Å²) in [6.07, 6.45) is 5.33. The van der Waals surface area contributed by atoms with E-state index in [9.17, 15) is 5.11 Å². The molecule has 0 aliphatic heterocycles. The molecule has 0 spiro atoms. The fraction of sp³-hybridized carbons (Fsp3) is 0.125. The molecule has 1 N–H and O–H groups in total. The second-order valence-corrected chi connectivity index (χ2v) is 2.51. The Morgan fingerprint density at radius 1 is 1.45 bits per heavy atom. The molecule has 0 atom stereocenters. The summed E-state index contributed by atoms with van der Waals surface area (Å²) in [5.74, 6) is 0.262. The molecule has 0 amide bonds. The molecule has 2 rings (SSSR count). The molecule has 0 saturated heterocycles. The van der Waals surface area contributed by atoms with Crippen molar-refractivity contribution in [1.82, 2.24) is 9.38 Å². The Labute approximate surface area is 63.9 Å². The number of rotatable bonds is 0. The first kappa shape index (κ1) is 6.22. The topological polar surface area (TPSA) is 37.5 Å². The van der Waals surface area contributed by atoms with Crippen LogP contribution in [0.1, 0.15) is 5.56 Å². The van der Waals surface area contributed by atoms with Crippen molar-refractivity contribution in [1.29, 1.82) is 0 Å². The van der Waals surface area contributed by atoms with E-state index >= 15 is 0 Å². The van der Waals surface area contributed by atoms with Gasteiger partial charge in [0.15, 0.2) is 11.4 Å². The minimum atomic E-state index is 0.262. The predicted molar refractivity (Wildman–Crippen MR) is 41.6 cm³/mol. The molecule has 3 heteroatoms. The predicted octanol–water partition coefficient (Wildman–Crippen LogP) is 1.35. The van der Waals surface area contributed by atoms with Crippen molar-refractivity contribution in [2.45, 2.75) is 6.92 Å². The maximum Gasteiger partial charge on any atom is 0.179 e. The van der Waals surface area contributed by atoms with Crippen LogP contribution in [0.3, 0.4) is 0 Å². The van der Waals surface area contributed by atoms with Gasteiger partial charge in [0.05, 0.1) is 0 Å². The monoisotopic (exact) mass is 148 g/mol. The number of hydrogen-bond acceptors (Lipinski definition) is 2. The van der Waals surface area contributed by atoms with Crippen LogP contribution in [0.2, 0.25) is 0 Å². The van der Waals surface area contributed by atoms with Crippen molar-refractivity contribution >= 4 is 5.65 Å². The molecule has 0 bridgehead atoms. The van der Waals surface area contributed by atoms with E-state index in [1.165, 1.54) is 0 Å². The van der Waals surface area contributed by atoms with Gasteiger partial charge in [-0.15, -0.1) is 0 Å². The highest BCUT2D eigenvalue weighted by Gasteiger charge is 2.01. The van der Waals surface area contributed by atoms with Gasteiger partial charge in [-0.05, 0) is 18.6 Å². The fourth-order valence-electron chi connectivity index (χ4n) is 1.06. The molecule has 0 aromatic carbocycles. The number of nitrogens with zero attached hydrogens (tertiary/aromatic N) is 2. The van der Waals surface area contributed by atoms with Crippen molar-refractivity contribution in [3.63, 3.8) is 0 Å². The van der Waals surface area contributed by atoms with Crippen molar-refractivity contribution in [2.24, 2.45) is 0 Å². The number of aromatic hydroxyl groups is 1. The molecule has 0 aliphatic rings. The SMILES string of the molecule is Cc1ccn2ccnc2c1O. The zero-order chi connectivity index (χ0) is 7.84. The quantitative estimate of drug-likeness (QED) is 0.612. The molecule has 2 heterocycles. The molecule has 0 radical (unpaired) electrons. The second kappa shape index (κ2) is 1.99. The average molecular weight is 148 g/mol. The van der Waals surface area contributed by atoms with Gasteiger partial charge in [0.25, 0.3) is 0 Å². The molecule has 0 aliphatic carbocycles. The van der Waals surface area contributed by atoms with Gasteiger partial charge in [-0.3, -0.25) is 0 Å². The van der Waals surface area contributed by atoms with Crippen LogP contribution in [-0.4, -0.2) is 14.5 Å². The van der Waals surface area contributed by atoms with E-state index < -0.39 is 0 Å². The molecule has 2 aromatic rings. The summed E-state index contributed by atoms with van der Waals surface area (Å²) in [6, 6.07) is 1.85. The van der Waals surface area contributed by atoms with E-state index in [4.69, 9.17) is 0 Å². The number of hydrogen-bond donors (Lipinski definition) is 1. The Balaban J connectivity index is 2.93. The molecule has 0 saturated carbocycles. The van der Waals surface area contributed by atoms with Crippen LogP contribution in [0.5, 0.6) is 5.75 Å². The summed E-state index contributed by atoms with van der Waals surface area (Å²) in [7, 11) is 0. The summed E-state index contributed by atoms with van der Waals surface area (Å²) in [5, 5.41) is 9.46. The Hall–Kier alpha value is -1.51. The van der Waals surface area contributed by atoms with Gasteiger partial charge in [0.2, 0.25) is 0 Å². The number of imidazole rings is 1. The number of pyridine rings is 1. The molecule has 2 aromatic heterocycles. The van der Waals surface area contributed by atoms with Gasteiger partial charge in [-0.1, -0.05) is 0 Å². The lowest BCUT2D eigenvalue weighted by atomic mass is 10.3. The molecular formula is C8H8N2O. The maximum absolute atomic E-state index is 9.46. The van der Waals surface area contributed by atoms with Crippen molar-refractivity contribution in [3.8, 4) is 5.75 Å². The first-order chi connectivity index (χ1) is 5.29. The highest BCUT2D eigenvalue weighted by atomic mass is 16.3. The zero-order valence-corrected chi connectivity index (χ0v) is 6.15. The van der Waals surface area contributed by atoms with E-state index in [0.29, 0.717) is 5.65 Å². The molecular weight excluding hydrogens is 140 g/mol. The van der Waals surface area contributed by atoms with Crippen molar-refractivity contribution in [3.05, 3.63) is 30.2 Å². The third-order valence-corrected chi connectivity index (χ3v) is 1.74. The highest BCUT2D eigenvalue weighted by Crippen LogP contribution is 2.20. The van der Waals surface area contributed by atoms with Gasteiger partial charge >= 0.3 is 0 Å². The molecule has 0 unspecified atom stereocenters. The van der Waals surface area contributed by atoms with Crippen LogP contribution >= 0.6 is 0 Å². The standard InChI is InChI=1S/C8H8N2O/c1-6-2-4-10-5-3-9-8(10)7(6)11/h2-5,11H,1H3. The van der Waals surface area contributed by atoms with E-state index in [1.807, 2.05) is 19.2 Å². The van der Waals surface area contributed by atoms with E-state index in [0.717, 1.165) is 5.56 Å². The van der Waals surface area contributed by atoms with E-state index in [1.54, 1.807) is 16.8 Å². The van der Waals surface area contributed by atoms with Gasteiger partial charge in [-0.25, -0.2) is 4.98 Å². The molecule has 11 heavy (non-hydrogen) atoms. The fourth-order valence-corrected chi connectivity index (χ4v) is 1.06. The average Bonchev–Trinajstić information content (AvgIpc) is 2.45. The minimum Gasteiger partial charge on any atom is -0.504 e. The van der Waals surface area contributed by atoms with Crippen molar-refractivity contribution < 1.29 is 5.11 Å². The largest absolute Gasteiger partial charge is 0.504 e. The van der Waals surface area contributed by atoms with Crippen LogP contribution in [0, 0.1) is 6.92 Å². The Bertz CT molecular complexity index is 392. The number of aryl methyl sites for hydroxylation is 1. The first-order valence-corrected chi connectivity index (χ1v) is 3.40. The van der Waals surface area contributed by atoms with Gasteiger partial charge in [0.1, 0.15) is 0 Å². The van der Waals surface area contributed by atoms with Gasteiger partial charge in [-0.2, -0.15) is 0 Å². The van der Waals surface area contributed by atoms with Crippen LogP contribution in [0.4, 0.5) is 0 Å². The van der Waals surface area contributed by atoms with E-state index in [2.05, 4.69) is 4.98 Å². The normalized spacial score (nSPS) is 10.6. The van der Waals surface area contributed by atoms with Gasteiger partial charge < -0.3 is 9.51 Å². The summed E-state index contributed by atoms with van der Waals surface area (Å²) >= 11 is 0. The Morgan fingerprint density at radius 2 is 2.27 bits per heavy atom. The van der Waals surface area contributed by atoms with Crippen LogP contribution in [0.25, 0.3) is 5.65 Å². The Morgan fingerprint density at radius 3 is 3.09 bits per heavy atom. The Kier molecular flexibility index (Phi) is 1.12. The smallest absolute Gasteiger partial charge is 0.179 e. The molecule has 3 nitrogen and oxygen atoms in total. The molecule has 56 valence electrons. The first-order valence-electron chi connectivity index (χ1n) is 3.40. The maximum atomic E-state index is 9.46. The van der Waals surface area contributed by atoms with Crippen LogP contribution < -0.4 is 0 Å². The summed E-state index contributed by atoms with van der Waals surface area (Å²) in [4.78, 5) is 3.99. The van der Waals surface area contributed by atoms with Crippen LogP contribution in [-0.2, 0) is 0 Å². The summed E-state index contributed by atoms with van der Waals surface area (Å²) in [6.45, 7) is 1.85. The lowest BCUT2D eigenvalue weighted by Crippen LogP contribution is -1.84. The zero-order valence-electron chi connectivity index (χ0n) is 6.15. The van der Waals surface area contributed by atoms with Gasteiger partial charge in [0, 0.05) is 18.6 Å². The van der Waals surface area contributed by atoms with Crippen LogP contribution in [0.15, 0.2) is 24.7 Å². The third-order valence-electron chi connectivity index (χ3n) is 1.74. The highest BCUT2D eigenvalue weighted by molar-refractivity contribution is 5.56. The minimum absolute atomic E-state index is 0.262. The third kappa shape index (κ3) is 0.774. The summed E-state index contributed by atoms with van der Waals surface area (Å²) in [5.41, 5.74) is 1.47. The lowest BCUT2D eigenvalue weighted by Gasteiger charge is -1.98. The van der Waals surface area contributed by atoms with Crippen molar-refractivity contribution in [2.75, 3.05) is 0 Å². The number of fused-ring (bicyclic) bond motifs is 1.